The molecular formula is C12H16Cl2N4O. The maximum atomic E-state index is 5.61. The van der Waals surface area contributed by atoms with Gasteiger partial charge in [-0.05, 0) is 12.1 Å². The molecule has 7 heteroatoms. The summed E-state index contributed by atoms with van der Waals surface area (Å²) in [7, 11) is 0. The van der Waals surface area contributed by atoms with Crippen LogP contribution in [-0.2, 0) is 6.61 Å². The number of benzene rings is 1. The molecule has 0 aliphatic carbocycles. The summed E-state index contributed by atoms with van der Waals surface area (Å²) in [6, 6.07) is 10.2. The lowest BCUT2D eigenvalue weighted by molar-refractivity contribution is 0.300. The molecule has 1 N–H and O–H groups in total. The second-order valence-corrected chi connectivity index (χ2v) is 4.10. The van der Waals surface area contributed by atoms with Gasteiger partial charge < -0.3 is 10.1 Å². The molecule has 19 heavy (non-hydrogen) atoms. The van der Waals surface area contributed by atoms with E-state index in [9.17, 15) is 0 Å². The molecule has 0 bridgehead atoms. The average Bonchev–Trinajstić information content (AvgIpc) is 2.74. The standard InChI is InChI=1S/C12H14N4O.2ClH/c1-2-4-12(5-3-1)17-9-10-8-16(15-14-10)11-6-13-7-11;;/h1-5,8,11,13H,6-7,9H2;2*1H. The van der Waals surface area contributed by atoms with Gasteiger partial charge in [0.2, 0.25) is 0 Å². The number of hydrogen-bond donors (Lipinski definition) is 1. The van der Waals surface area contributed by atoms with Crippen molar-refractivity contribution in [1.29, 1.82) is 0 Å². The molecule has 1 aliphatic heterocycles. The second-order valence-electron chi connectivity index (χ2n) is 4.10. The summed E-state index contributed by atoms with van der Waals surface area (Å²) in [5.41, 5.74) is 0.862. The first-order chi connectivity index (χ1) is 8.42. The zero-order chi connectivity index (χ0) is 11.5. The van der Waals surface area contributed by atoms with Crippen LogP contribution in [0.1, 0.15) is 11.7 Å². The lowest BCUT2D eigenvalue weighted by Crippen LogP contribution is -2.43. The third kappa shape index (κ3) is 3.83. The molecule has 1 aromatic carbocycles. The number of halogens is 2. The van der Waals surface area contributed by atoms with E-state index in [0.29, 0.717) is 12.6 Å². The Morgan fingerprint density at radius 3 is 2.58 bits per heavy atom. The summed E-state index contributed by atoms with van der Waals surface area (Å²) in [6.07, 6.45) is 1.95. The van der Waals surface area contributed by atoms with Gasteiger partial charge in [0.15, 0.2) is 0 Å². The van der Waals surface area contributed by atoms with Gasteiger partial charge in [-0.1, -0.05) is 23.4 Å². The van der Waals surface area contributed by atoms with Crippen molar-refractivity contribution in [3.05, 3.63) is 42.2 Å². The van der Waals surface area contributed by atoms with Gasteiger partial charge in [0, 0.05) is 13.1 Å². The molecular weight excluding hydrogens is 287 g/mol. The molecule has 3 rings (SSSR count). The SMILES string of the molecule is Cl.Cl.c1ccc(OCc2cn(C3CNC3)nn2)cc1. The van der Waals surface area contributed by atoms with Crippen molar-refractivity contribution >= 4 is 24.8 Å². The van der Waals surface area contributed by atoms with Gasteiger partial charge in [0.1, 0.15) is 18.1 Å². The predicted molar refractivity (Wildman–Crippen MR) is 77.2 cm³/mol. The number of nitrogens with zero attached hydrogens (tertiary/aromatic N) is 3. The van der Waals surface area contributed by atoms with Gasteiger partial charge in [0.25, 0.3) is 0 Å². The third-order valence-corrected chi connectivity index (χ3v) is 2.82. The van der Waals surface area contributed by atoms with Crippen molar-refractivity contribution in [3.63, 3.8) is 0 Å². The summed E-state index contributed by atoms with van der Waals surface area (Å²) in [5.74, 6) is 0.854. The van der Waals surface area contributed by atoms with E-state index in [1.165, 1.54) is 0 Å². The maximum absolute atomic E-state index is 5.61. The Bertz CT molecular complexity index is 487. The summed E-state index contributed by atoms with van der Waals surface area (Å²) in [4.78, 5) is 0. The fourth-order valence-electron chi connectivity index (χ4n) is 1.69. The molecule has 104 valence electrons. The molecule has 5 nitrogen and oxygen atoms in total. The normalized spacial score (nSPS) is 13.9. The lowest BCUT2D eigenvalue weighted by atomic mass is 10.2. The van der Waals surface area contributed by atoms with Crippen LogP contribution >= 0.6 is 24.8 Å². The largest absolute Gasteiger partial charge is 0.487 e. The maximum Gasteiger partial charge on any atom is 0.134 e. The van der Waals surface area contributed by atoms with Crippen molar-refractivity contribution in [1.82, 2.24) is 20.3 Å². The van der Waals surface area contributed by atoms with Gasteiger partial charge >= 0.3 is 0 Å². The van der Waals surface area contributed by atoms with E-state index in [0.717, 1.165) is 24.5 Å². The van der Waals surface area contributed by atoms with Crippen LogP contribution in [0.15, 0.2) is 36.5 Å². The second kappa shape index (κ2) is 7.33. The number of ether oxygens (including phenoxy) is 1. The predicted octanol–water partition coefficient (Wildman–Crippen LogP) is 1.84. The highest BCUT2D eigenvalue weighted by Gasteiger charge is 2.19. The lowest BCUT2D eigenvalue weighted by Gasteiger charge is -2.26. The molecule has 1 saturated heterocycles. The van der Waals surface area contributed by atoms with E-state index < -0.39 is 0 Å². The smallest absolute Gasteiger partial charge is 0.134 e. The van der Waals surface area contributed by atoms with Crippen LogP contribution in [0.2, 0.25) is 0 Å². The molecule has 1 aromatic heterocycles. The topological polar surface area (TPSA) is 52.0 Å². The number of aromatic nitrogens is 3. The van der Waals surface area contributed by atoms with Gasteiger partial charge in [-0.2, -0.15) is 0 Å². The fourth-order valence-corrected chi connectivity index (χ4v) is 1.69. The molecule has 1 aliphatic rings. The first-order valence-corrected chi connectivity index (χ1v) is 5.71. The number of para-hydroxylation sites is 1. The Kier molecular flexibility index (Phi) is 6.08. The Hall–Kier alpha value is -1.30. The molecule has 1 fully saturated rings. The van der Waals surface area contributed by atoms with Crippen LogP contribution in [0, 0.1) is 0 Å². The minimum atomic E-state index is 0. The van der Waals surface area contributed by atoms with Gasteiger partial charge in [0.05, 0.1) is 12.2 Å². The quantitative estimate of drug-likeness (QED) is 0.936. The van der Waals surface area contributed by atoms with Crippen LogP contribution in [0.5, 0.6) is 5.75 Å². The summed E-state index contributed by atoms with van der Waals surface area (Å²) in [5, 5.41) is 11.4. The van der Waals surface area contributed by atoms with Crippen LogP contribution in [-0.4, -0.2) is 28.1 Å². The minimum absolute atomic E-state index is 0. The highest BCUT2D eigenvalue weighted by molar-refractivity contribution is 5.85. The van der Waals surface area contributed by atoms with E-state index in [1.807, 2.05) is 41.2 Å². The summed E-state index contributed by atoms with van der Waals surface area (Å²) < 4.78 is 7.51. The van der Waals surface area contributed by atoms with E-state index in [4.69, 9.17) is 4.74 Å². The summed E-state index contributed by atoms with van der Waals surface area (Å²) in [6.45, 7) is 2.41. The van der Waals surface area contributed by atoms with Crippen LogP contribution < -0.4 is 10.1 Å². The summed E-state index contributed by atoms with van der Waals surface area (Å²) >= 11 is 0. The van der Waals surface area contributed by atoms with E-state index in [2.05, 4.69) is 15.6 Å². The minimum Gasteiger partial charge on any atom is -0.487 e. The Balaban J connectivity index is 0.000000902. The van der Waals surface area contributed by atoms with Crippen molar-refractivity contribution in [2.24, 2.45) is 0 Å². The average molecular weight is 303 g/mol. The van der Waals surface area contributed by atoms with Crippen molar-refractivity contribution in [2.45, 2.75) is 12.6 Å². The number of hydrogen-bond acceptors (Lipinski definition) is 4. The fraction of sp³-hybridized carbons (Fsp3) is 0.333. The van der Waals surface area contributed by atoms with E-state index in [-0.39, 0.29) is 24.8 Å². The van der Waals surface area contributed by atoms with Gasteiger partial charge in [-0.15, -0.1) is 29.9 Å². The van der Waals surface area contributed by atoms with Crippen LogP contribution in [0.3, 0.4) is 0 Å². The highest BCUT2D eigenvalue weighted by atomic mass is 35.5. The Labute approximate surface area is 124 Å². The molecule has 0 amide bonds. The Morgan fingerprint density at radius 2 is 1.95 bits per heavy atom. The van der Waals surface area contributed by atoms with E-state index >= 15 is 0 Å². The van der Waals surface area contributed by atoms with Crippen molar-refractivity contribution in [3.8, 4) is 5.75 Å². The molecule has 0 saturated carbocycles. The molecule has 0 radical (unpaired) electrons. The van der Waals surface area contributed by atoms with Crippen molar-refractivity contribution < 1.29 is 4.74 Å². The zero-order valence-electron chi connectivity index (χ0n) is 10.2. The Morgan fingerprint density at radius 1 is 1.21 bits per heavy atom. The van der Waals surface area contributed by atoms with Gasteiger partial charge in [-0.25, -0.2) is 4.68 Å². The molecule has 2 heterocycles. The number of rotatable bonds is 4. The monoisotopic (exact) mass is 302 g/mol. The zero-order valence-corrected chi connectivity index (χ0v) is 11.9. The number of nitrogens with one attached hydrogen (secondary N) is 1. The van der Waals surface area contributed by atoms with Crippen LogP contribution in [0.25, 0.3) is 0 Å². The molecule has 0 atom stereocenters. The van der Waals surface area contributed by atoms with Crippen LogP contribution in [0.4, 0.5) is 0 Å². The molecule has 0 unspecified atom stereocenters. The molecule has 0 spiro atoms. The molecule has 2 aromatic rings. The first-order valence-electron chi connectivity index (χ1n) is 5.71. The van der Waals surface area contributed by atoms with E-state index in [1.54, 1.807) is 0 Å². The van der Waals surface area contributed by atoms with Gasteiger partial charge in [-0.3, -0.25) is 0 Å². The third-order valence-electron chi connectivity index (χ3n) is 2.82. The highest BCUT2D eigenvalue weighted by Crippen LogP contribution is 2.12. The first kappa shape index (κ1) is 15.8. The van der Waals surface area contributed by atoms with Crippen molar-refractivity contribution in [2.75, 3.05) is 13.1 Å².